The number of carbonyl (C=O) groups excluding carboxylic acids is 1. The first kappa shape index (κ1) is 16.0. The van der Waals surface area contributed by atoms with Crippen molar-refractivity contribution in [2.75, 3.05) is 11.6 Å². The van der Waals surface area contributed by atoms with Crippen LogP contribution in [0, 0.1) is 22.9 Å². The average Bonchev–Trinajstić information content (AvgIpc) is 2.50. The minimum Gasteiger partial charge on any atom is -0.322 e. The Morgan fingerprint density at radius 2 is 1.91 bits per heavy atom. The fraction of sp³-hybridized carbons (Fsp3) is 0.133. The summed E-state index contributed by atoms with van der Waals surface area (Å²) in [6.07, 6.45) is 1.93. The van der Waals surface area contributed by atoms with Crippen LogP contribution in [0.4, 0.5) is 15.8 Å². The van der Waals surface area contributed by atoms with Crippen molar-refractivity contribution in [3.05, 3.63) is 63.5 Å². The van der Waals surface area contributed by atoms with Gasteiger partial charge in [0.15, 0.2) is 0 Å². The SMILES string of the molecule is CSc1ccc(NC(=O)c2cc(F)c(C)c([N+](=O)[O-])c2)cc1. The zero-order valence-electron chi connectivity index (χ0n) is 11.9. The van der Waals surface area contributed by atoms with Gasteiger partial charge < -0.3 is 5.32 Å². The Hall–Kier alpha value is -2.41. The van der Waals surface area contributed by atoms with E-state index in [-0.39, 0.29) is 11.1 Å². The zero-order chi connectivity index (χ0) is 16.3. The van der Waals surface area contributed by atoms with E-state index in [1.54, 1.807) is 23.9 Å². The van der Waals surface area contributed by atoms with Gasteiger partial charge in [0.05, 0.1) is 10.5 Å². The van der Waals surface area contributed by atoms with Crippen LogP contribution in [0.5, 0.6) is 0 Å². The predicted molar refractivity (Wildman–Crippen MR) is 84.0 cm³/mol. The van der Waals surface area contributed by atoms with Crippen LogP contribution >= 0.6 is 11.8 Å². The van der Waals surface area contributed by atoms with E-state index < -0.39 is 22.3 Å². The molecule has 22 heavy (non-hydrogen) atoms. The van der Waals surface area contributed by atoms with Gasteiger partial charge in [0.1, 0.15) is 5.82 Å². The smallest absolute Gasteiger partial charge is 0.276 e. The Balaban J connectivity index is 2.27. The van der Waals surface area contributed by atoms with E-state index in [9.17, 15) is 19.3 Å². The first-order chi connectivity index (χ1) is 10.4. The number of carbonyl (C=O) groups is 1. The van der Waals surface area contributed by atoms with E-state index in [2.05, 4.69) is 5.32 Å². The molecular formula is C15H13FN2O3S. The molecule has 1 N–H and O–H groups in total. The monoisotopic (exact) mass is 320 g/mol. The van der Waals surface area contributed by atoms with E-state index in [1.165, 1.54) is 6.92 Å². The first-order valence-electron chi connectivity index (χ1n) is 6.32. The molecule has 2 aromatic carbocycles. The van der Waals surface area contributed by atoms with Crippen molar-refractivity contribution < 1.29 is 14.1 Å². The Morgan fingerprint density at radius 1 is 1.27 bits per heavy atom. The molecule has 0 saturated heterocycles. The number of amides is 1. The van der Waals surface area contributed by atoms with Crippen LogP contribution in [-0.2, 0) is 0 Å². The van der Waals surface area contributed by atoms with Gasteiger partial charge in [0.25, 0.3) is 11.6 Å². The molecule has 1 amide bonds. The van der Waals surface area contributed by atoms with Gasteiger partial charge in [-0.05, 0) is 43.5 Å². The topological polar surface area (TPSA) is 72.2 Å². The van der Waals surface area contributed by atoms with Crippen LogP contribution < -0.4 is 5.32 Å². The van der Waals surface area contributed by atoms with Gasteiger partial charge in [0.2, 0.25) is 0 Å². The molecule has 0 saturated carbocycles. The number of nitrogens with one attached hydrogen (secondary N) is 1. The van der Waals surface area contributed by atoms with Gasteiger partial charge in [-0.15, -0.1) is 11.8 Å². The molecule has 2 rings (SSSR count). The van der Waals surface area contributed by atoms with Gasteiger partial charge in [-0.2, -0.15) is 0 Å². The third-order valence-corrected chi connectivity index (χ3v) is 3.87. The number of nitrogens with zero attached hydrogens (tertiary/aromatic N) is 1. The minimum absolute atomic E-state index is 0.0918. The lowest BCUT2D eigenvalue weighted by molar-refractivity contribution is -0.385. The number of rotatable bonds is 4. The molecule has 7 heteroatoms. The van der Waals surface area contributed by atoms with Crippen molar-refractivity contribution >= 4 is 29.0 Å². The summed E-state index contributed by atoms with van der Waals surface area (Å²) >= 11 is 1.56. The molecule has 0 aliphatic heterocycles. The van der Waals surface area contributed by atoms with Crippen molar-refractivity contribution in [3.8, 4) is 0 Å². The number of benzene rings is 2. The maximum atomic E-state index is 13.7. The highest BCUT2D eigenvalue weighted by Crippen LogP contribution is 2.24. The van der Waals surface area contributed by atoms with Gasteiger partial charge in [-0.3, -0.25) is 14.9 Å². The maximum absolute atomic E-state index is 13.7. The second-order valence-corrected chi connectivity index (χ2v) is 5.42. The summed E-state index contributed by atoms with van der Waals surface area (Å²) in [7, 11) is 0. The van der Waals surface area contributed by atoms with Crippen LogP contribution in [0.15, 0.2) is 41.3 Å². The van der Waals surface area contributed by atoms with Crippen LogP contribution in [0.1, 0.15) is 15.9 Å². The number of thioether (sulfide) groups is 1. The summed E-state index contributed by atoms with van der Waals surface area (Å²) in [5.41, 5.74) is -0.0658. The summed E-state index contributed by atoms with van der Waals surface area (Å²) < 4.78 is 13.7. The molecule has 0 atom stereocenters. The molecular weight excluding hydrogens is 307 g/mol. The molecule has 0 aliphatic rings. The first-order valence-corrected chi connectivity index (χ1v) is 7.55. The largest absolute Gasteiger partial charge is 0.322 e. The molecule has 5 nitrogen and oxygen atoms in total. The summed E-state index contributed by atoms with van der Waals surface area (Å²) in [6.45, 7) is 1.30. The Morgan fingerprint density at radius 3 is 2.45 bits per heavy atom. The van der Waals surface area contributed by atoms with E-state index >= 15 is 0 Å². The number of halogens is 1. The Labute approximate surface area is 130 Å². The fourth-order valence-electron chi connectivity index (χ4n) is 1.86. The van der Waals surface area contributed by atoms with Gasteiger partial charge in [0, 0.05) is 22.2 Å². The molecule has 0 heterocycles. The van der Waals surface area contributed by atoms with Crippen molar-refractivity contribution in [2.45, 2.75) is 11.8 Å². The minimum atomic E-state index is -0.780. The lowest BCUT2D eigenvalue weighted by atomic mass is 10.1. The van der Waals surface area contributed by atoms with Crippen molar-refractivity contribution in [1.29, 1.82) is 0 Å². The van der Waals surface area contributed by atoms with Crippen LogP contribution in [0.25, 0.3) is 0 Å². The van der Waals surface area contributed by atoms with Crippen LogP contribution in [0.2, 0.25) is 0 Å². The maximum Gasteiger partial charge on any atom is 0.276 e. The quantitative estimate of drug-likeness (QED) is 0.525. The standard InChI is InChI=1S/C15H13FN2O3S/c1-9-13(16)7-10(8-14(9)18(20)21)15(19)17-11-3-5-12(22-2)6-4-11/h3-8H,1-2H3,(H,17,19). The lowest BCUT2D eigenvalue weighted by Crippen LogP contribution is -2.13. The highest BCUT2D eigenvalue weighted by atomic mass is 32.2. The molecule has 114 valence electrons. The number of hydrogen-bond acceptors (Lipinski definition) is 4. The second kappa shape index (κ2) is 6.57. The summed E-state index contributed by atoms with van der Waals surface area (Å²) in [4.78, 5) is 23.3. The zero-order valence-corrected chi connectivity index (χ0v) is 12.7. The van der Waals surface area contributed by atoms with Crippen molar-refractivity contribution in [1.82, 2.24) is 0 Å². The summed E-state index contributed by atoms with van der Waals surface area (Å²) in [6, 6.07) is 9.15. The number of nitro benzene ring substituents is 1. The summed E-state index contributed by atoms with van der Waals surface area (Å²) in [5, 5.41) is 13.5. The number of nitro groups is 1. The van der Waals surface area contributed by atoms with Crippen molar-refractivity contribution in [3.63, 3.8) is 0 Å². The molecule has 0 aliphatic carbocycles. The third-order valence-electron chi connectivity index (χ3n) is 3.12. The molecule has 0 aromatic heterocycles. The molecule has 0 spiro atoms. The number of hydrogen-bond donors (Lipinski definition) is 1. The highest BCUT2D eigenvalue weighted by molar-refractivity contribution is 7.98. The normalized spacial score (nSPS) is 10.3. The van der Waals surface area contributed by atoms with Crippen LogP contribution in [0.3, 0.4) is 0 Å². The molecule has 0 radical (unpaired) electrons. The predicted octanol–water partition coefficient (Wildman–Crippen LogP) is 4.02. The Kier molecular flexibility index (Phi) is 4.77. The van der Waals surface area contributed by atoms with Gasteiger partial charge >= 0.3 is 0 Å². The highest BCUT2D eigenvalue weighted by Gasteiger charge is 2.19. The van der Waals surface area contributed by atoms with Crippen molar-refractivity contribution in [2.24, 2.45) is 0 Å². The lowest BCUT2D eigenvalue weighted by Gasteiger charge is -2.07. The second-order valence-electron chi connectivity index (χ2n) is 4.54. The van der Waals surface area contributed by atoms with E-state index in [4.69, 9.17) is 0 Å². The third kappa shape index (κ3) is 3.43. The van der Waals surface area contributed by atoms with E-state index in [0.717, 1.165) is 17.0 Å². The van der Waals surface area contributed by atoms with E-state index in [1.807, 2.05) is 18.4 Å². The molecule has 0 bridgehead atoms. The number of anilines is 1. The van der Waals surface area contributed by atoms with E-state index in [0.29, 0.717) is 5.69 Å². The average molecular weight is 320 g/mol. The summed E-state index contributed by atoms with van der Waals surface area (Å²) in [5.74, 6) is -1.38. The van der Waals surface area contributed by atoms with Gasteiger partial charge in [-0.1, -0.05) is 0 Å². The Bertz CT molecular complexity index is 732. The molecule has 0 unspecified atom stereocenters. The molecule has 0 fully saturated rings. The fourth-order valence-corrected chi connectivity index (χ4v) is 2.27. The van der Waals surface area contributed by atoms with Gasteiger partial charge in [-0.25, -0.2) is 4.39 Å². The molecule has 2 aromatic rings. The van der Waals surface area contributed by atoms with Crippen LogP contribution in [-0.4, -0.2) is 17.1 Å².